The highest BCUT2D eigenvalue weighted by Crippen LogP contribution is 2.24. The standard InChI is InChI=1S/C12H24N2O/c1-14(12-3-2-4-12)8-7-11(9-15)13-10-5-6-10/h10-13,15H,2-9H2,1H3. The van der Waals surface area contributed by atoms with Gasteiger partial charge in [0.2, 0.25) is 0 Å². The Kier molecular flexibility index (Phi) is 4.00. The quantitative estimate of drug-likeness (QED) is 0.660. The summed E-state index contributed by atoms with van der Waals surface area (Å²) < 4.78 is 0. The van der Waals surface area contributed by atoms with Crippen LogP contribution in [0.25, 0.3) is 0 Å². The van der Waals surface area contributed by atoms with E-state index in [1.807, 2.05) is 0 Å². The van der Waals surface area contributed by atoms with E-state index in [0.29, 0.717) is 12.1 Å². The molecule has 0 aliphatic heterocycles. The Morgan fingerprint density at radius 2 is 2.07 bits per heavy atom. The molecule has 2 rings (SSSR count). The molecule has 1 atom stereocenters. The summed E-state index contributed by atoms with van der Waals surface area (Å²) in [6.07, 6.45) is 7.83. The number of aliphatic hydroxyl groups is 1. The number of aliphatic hydroxyl groups excluding tert-OH is 1. The van der Waals surface area contributed by atoms with E-state index in [1.54, 1.807) is 0 Å². The van der Waals surface area contributed by atoms with Crippen LogP contribution < -0.4 is 5.32 Å². The van der Waals surface area contributed by atoms with Crippen molar-refractivity contribution < 1.29 is 5.11 Å². The molecule has 0 radical (unpaired) electrons. The molecule has 0 saturated heterocycles. The highest BCUT2D eigenvalue weighted by molar-refractivity contribution is 4.85. The number of hydrogen-bond acceptors (Lipinski definition) is 3. The molecule has 88 valence electrons. The lowest BCUT2D eigenvalue weighted by Gasteiger charge is -2.35. The zero-order chi connectivity index (χ0) is 10.7. The van der Waals surface area contributed by atoms with Crippen LogP contribution in [0, 0.1) is 0 Å². The summed E-state index contributed by atoms with van der Waals surface area (Å²) >= 11 is 0. The zero-order valence-corrected chi connectivity index (χ0v) is 9.78. The molecule has 2 aliphatic carbocycles. The first kappa shape index (κ1) is 11.4. The van der Waals surface area contributed by atoms with Crippen LogP contribution in [0.5, 0.6) is 0 Å². The lowest BCUT2D eigenvalue weighted by Crippen LogP contribution is -2.42. The van der Waals surface area contributed by atoms with Crippen LogP contribution in [0.3, 0.4) is 0 Å². The third-order valence-corrected chi connectivity index (χ3v) is 3.80. The topological polar surface area (TPSA) is 35.5 Å². The molecule has 2 saturated carbocycles. The fraction of sp³-hybridized carbons (Fsp3) is 1.00. The van der Waals surface area contributed by atoms with Crippen LogP contribution in [0.1, 0.15) is 38.5 Å². The third-order valence-electron chi connectivity index (χ3n) is 3.80. The first-order chi connectivity index (χ1) is 7.29. The van der Waals surface area contributed by atoms with Gasteiger partial charge in [-0.3, -0.25) is 0 Å². The fourth-order valence-electron chi connectivity index (χ4n) is 2.18. The fourth-order valence-corrected chi connectivity index (χ4v) is 2.18. The molecule has 3 heteroatoms. The van der Waals surface area contributed by atoms with E-state index in [1.165, 1.54) is 32.1 Å². The van der Waals surface area contributed by atoms with Gasteiger partial charge in [-0.2, -0.15) is 0 Å². The molecular formula is C12H24N2O. The van der Waals surface area contributed by atoms with E-state index in [0.717, 1.165) is 19.0 Å². The minimum Gasteiger partial charge on any atom is -0.395 e. The highest BCUT2D eigenvalue weighted by Gasteiger charge is 2.25. The molecule has 3 nitrogen and oxygen atoms in total. The van der Waals surface area contributed by atoms with Crippen LogP contribution in [-0.2, 0) is 0 Å². The average Bonchev–Trinajstić information content (AvgIpc) is 2.92. The SMILES string of the molecule is CN(CCC(CO)NC1CC1)C1CCC1. The monoisotopic (exact) mass is 212 g/mol. The molecule has 0 aromatic rings. The summed E-state index contributed by atoms with van der Waals surface area (Å²) in [6, 6.07) is 1.85. The number of rotatable bonds is 7. The van der Waals surface area contributed by atoms with Crippen molar-refractivity contribution in [3.8, 4) is 0 Å². The molecule has 0 aromatic carbocycles. The Hall–Kier alpha value is -0.120. The molecule has 0 amide bonds. The third kappa shape index (κ3) is 3.44. The molecule has 0 bridgehead atoms. The van der Waals surface area contributed by atoms with Gasteiger partial charge in [0.05, 0.1) is 6.61 Å². The minimum atomic E-state index is 0.287. The minimum absolute atomic E-state index is 0.287. The van der Waals surface area contributed by atoms with E-state index < -0.39 is 0 Å². The molecule has 0 spiro atoms. The van der Waals surface area contributed by atoms with Gasteiger partial charge in [-0.15, -0.1) is 0 Å². The molecule has 0 aromatic heterocycles. The van der Waals surface area contributed by atoms with Crippen LogP contribution >= 0.6 is 0 Å². The first-order valence-corrected chi connectivity index (χ1v) is 6.36. The zero-order valence-electron chi connectivity index (χ0n) is 9.78. The van der Waals surface area contributed by atoms with Gasteiger partial charge in [-0.1, -0.05) is 6.42 Å². The van der Waals surface area contributed by atoms with Gasteiger partial charge in [0.15, 0.2) is 0 Å². The number of nitrogens with one attached hydrogen (secondary N) is 1. The Labute approximate surface area is 92.8 Å². The second-order valence-corrected chi connectivity index (χ2v) is 5.17. The van der Waals surface area contributed by atoms with Crippen LogP contribution in [-0.4, -0.2) is 48.3 Å². The van der Waals surface area contributed by atoms with Crippen molar-refractivity contribution in [3.63, 3.8) is 0 Å². The van der Waals surface area contributed by atoms with E-state index in [4.69, 9.17) is 0 Å². The maximum absolute atomic E-state index is 9.24. The van der Waals surface area contributed by atoms with Crippen molar-refractivity contribution in [1.82, 2.24) is 10.2 Å². The Morgan fingerprint density at radius 3 is 2.53 bits per heavy atom. The van der Waals surface area contributed by atoms with Crippen molar-refractivity contribution in [2.24, 2.45) is 0 Å². The van der Waals surface area contributed by atoms with Crippen molar-refractivity contribution in [2.75, 3.05) is 20.2 Å². The van der Waals surface area contributed by atoms with Gasteiger partial charge in [0.1, 0.15) is 0 Å². The summed E-state index contributed by atoms with van der Waals surface area (Å²) in [7, 11) is 2.22. The van der Waals surface area contributed by atoms with Crippen LogP contribution in [0.2, 0.25) is 0 Å². The molecule has 1 unspecified atom stereocenters. The Bertz CT molecular complexity index is 190. The van der Waals surface area contributed by atoms with Crippen molar-refractivity contribution in [3.05, 3.63) is 0 Å². The molecule has 2 N–H and O–H groups in total. The van der Waals surface area contributed by atoms with Gasteiger partial charge < -0.3 is 15.3 Å². The lowest BCUT2D eigenvalue weighted by molar-refractivity contribution is 0.143. The predicted molar refractivity (Wildman–Crippen MR) is 61.9 cm³/mol. The molecule has 15 heavy (non-hydrogen) atoms. The van der Waals surface area contributed by atoms with Crippen molar-refractivity contribution in [1.29, 1.82) is 0 Å². The average molecular weight is 212 g/mol. The van der Waals surface area contributed by atoms with Crippen LogP contribution in [0.15, 0.2) is 0 Å². The second-order valence-electron chi connectivity index (χ2n) is 5.17. The number of hydrogen-bond donors (Lipinski definition) is 2. The maximum atomic E-state index is 9.24. The molecule has 2 fully saturated rings. The van der Waals surface area contributed by atoms with Gasteiger partial charge in [-0.05, 0) is 45.7 Å². The summed E-state index contributed by atoms with van der Waals surface area (Å²) in [5.41, 5.74) is 0. The lowest BCUT2D eigenvalue weighted by atomic mass is 9.91. The van der Waals surface area contributed by atoms with Gasteiger partial charge >= 0.3 is 0 Å². The maximum Gasteiger partial charge on any atom is 0.0585 e. The summed E-state index contributed by atoms with van der Waals surface area (Å²) in [5, 5.41) is 12.7. The van der Waals surface area contributed by atoms with Gasteiger partial charge in [-0.25, -0.2) is 0 Å². The van der Waals surface area contributed by atoms with Gasteiger partial charge in [0.25, 0.3) is 0 Å². The largest absolute Gasteiger partial charge is 0.395 e. The predicted octanol–water partition coefficient (Wildman–Crippen LogP) is 0.974. The molecular weight excluding hydrogens is 188 g/mol. The Balaban J connectivity index is 1.60. The molecule has 2 aliphatic rings. The summed E-state index contributed by atoms with van der Waals surface area (Å²) in [4.78, 5) is 2.46. The van der Waals surface area contributed by atoms with E-state index in [-0.39, 0.29) is 6.61 Å². The van der Waals surface area contributed by atoms with Gasteiger partial charge in [0, 0.05) is 18.1 Å². The van der Waals surface area contributed by atoms with Crippen molar-refractivity contribution >= 4 is 0 Å². The van der Waals surface area contributed by atoms with Crippen molar-refractivity contribution in [2.45, 2.75) is 56.7 Å². The van der Waals surface area contributed by atoms with Crippen LogP contribution in [0.4, 0.5) is 0 Å². The summed E-state index contributed by atoms with van der Waals surface area (Å²) in [6.45, 7) is 1.41. The van der Waals surface area contributed by atoms with E-state index in [2.05, 4.69) is 17.3 Å². The van der Waals surface area contributed by atoms with E-state index in [9.17, 15) is 5.11 Å². The Morgan fingerprint density at radius 1 is 1.33 bits per heavy atom. The summed E-state index contributed by atoms with van der Waals surface area (Å²) in [5.74, 6) is 0. The van der Waals surface area contributed by atoms with E-state index >= 15 is 0 Å². The number of nitrogens with zero attached hydrogens (tertiary/aromatic N) is 1. The second kappa shape index (κ2) is 5.28. The molecule has 0 heterocycles. The first-order valence-electron chi connectivity index (χ1n) is 6.36. The normalized spacial score (nSPS) is 24.2. The smallest absolute Gasteiger partial charge is 0.0585 e. The highest BCUT2D eigenvalue weighted by atomic mass is 16.3.